The number of carbonyl (C=O) groups is 3. The van der Waals surface area contributed by atoms with E-state index in [-0.39, 0.29) is 35.1 Å². The molecule has 2 aromatic heterocycles. The Balaban J connectivity index is 1.17. The number of ether oxygens (including phenoxy) is 1. The summed E-state index contributed by atoms with van der Waals surface area (Å²) in [5, 5.41) is 22.2. The number of anilines is 1. The van der Waals surface area contributed by atoms with Gasteiger partial charge in [-0.1, -0.05) is 12.6 Å². The van der Waals surface area contributed by atoms with Gasteiger partial charge in [0.15, 0.2) is 6.61 Å². The minimum atomic E-state index is -0.772. The predicted octanol–water partition coefficient (Wildman–Crippen LogP) is 1.93. The van der Waals surface area contributed by atoms with Crippen LogP contribution in [0.25, 0.3) is 11.5 Å². The molecule has 0 saturated heterocycles. The molecule has 3 fully saturated rings. The lowest BCUT2D eigenvalue weighted by Crippen LogP contribution is -2.50. The first-order valence-electron chi connectivity index (χ1n) is 13.1. The Morgan fingerprint density at radius 1 is 1.10 bits per heavy atom. The highest BCUT2D eigenvalue weighted by atomic mass is 16.5. The summed E-state index contributed by atoms with van der Waals surface area (Å²) in [4.78, 5) is 53.1. The molecule has 3 saturated carbocycles. The first kappa shape index (κ1) is 25.6. The SMILES string of the molecule is C=C(NCc1ccc2c(c1)NC(=O)CO2)c1cc(C(=O)NCC23CCC(C(=O)O)(CC2)CC3)nc2noc(=O)n12. The van der Waals surface area contributed by atoms with Gasteiger partial charge in [-0.25, -0.2) is 14.2 Å². The highest BCUT2D eigenvalue weighted by Crippen LogP contribution is 2.56. The van der Waals surface area contributed by atoms with Crippen LogP contribution in [0.1, 0.15) is 60.3 Å². The maximum Gasteiger partial charge on any atom is 0.447 e. The van der Waals surface area contributed by atoms with Crippen molar-refractivity contribution < 1.29 is 28.8 Å². The number of carboxylic acid groups (broad SMARTS) is 1. The molecule has 1 aromatic carbocycles. The van der Waals surface area contributed by atoms with Gasteiger partial charge in [0.2, 0.25) is 0 Å². The molecule has 13 nitrogen and oxygen atoms in total. The van der Waals surface area contributed by atoms with E-state index in [0.29, 0.717) is 49.5 Å². The molecule has 0 radical (unpaired) electrons. The van der Waals surface area contributed by atoms with Crippen LogP contribution in [0.5, 0.6) is 5.75 Å². The largest absolute Gasteiger partial charge is 0.482 e. The number of nitrogens with one attached hydrogen (secondary N) is 3. The second-order valence-corrected chi connectivity index (χ2v) is 10.9. The maximum atomic E-state index is 13.2. The summed E-state index contributed by atoms with van der Waals surface area (Å²) < 4.78 is 11.3. The number of amides is 2. The van der Waals surface area contributed by atoms with Crippen LogP contribution in [-0.2, 0) is 16.1 Å². The van der Waals surface area contributed by atoms with Crippen LogP contribution in [0, 0.1) is 10.8 Å². The van der Waals surface area contributed by atoms with E-state index in [1.165, 1.54) is 6.07 Å². The standard InChI is InChI=1S/C27H28N6O7/c1-15(28-12-16-2-3-20-17(10-16)30-21(34)13-39-20)19-11-18(31-24-32-40-25(38)33(19)24)22(35)29-14-26-4-7-27(8-5-26,9-6-26)23(36)37/h2-3,10-11,28H,1,4-9,12-14H2,(H,29,35)(H,30,34)(H,36,37). The van der Waals surface area contributed by atoms with Gasteiger partial charge in [-0.3, -0.25) is 18.9 Å². The number of rotatable bonds is 8. The summed E-state index contributed by atoms with van der Waals surface area (Å²) in [7, 11) is 0. The number of nitrogens with zero attached hydrogens (tertiary/aromatic N) is 3. The van der Waals surface area contributed by atoms with Crippen LogP contribution >= 0.6 is 0 Å². The van der Waals surface area contributed by atoms with E-state index in [4.69, 9.17) is 9.26 Å². The number of aliphatic carboxylic acids is 1. The number of carboxylic acids is 1. The fourth-order valence-corrected chi connectivity index (χ4v) is 5.94. The number of hydrogen-bond acceptors (Lipinski definition) is 9. The Morgan fingerprint density at radius 2 is 1.85 bits per heavy atom. The highest BCUT2D eigenvalue weighted by molar-refractivity contribution is 5.95. The molecule has 4 aliphatic rings. The lowest BCUT2D eigenvalue weighted by molar-refractivity contribution is -0.158. The average Bonchev–Trinajstić information content (AvgIpc) is 3.35. The van der Waals surface area contributed by atoms with Gasteiger partial charge in [-0.2, -0.15) is 0 Å². The molecule has 40 heavy (non-hydrogen) atoms. The van der Waals surface area contributed by atoms with E-state index in [9.17, 15) is 24.3 Å². The topological polar surface area (TPSA) is 177 Å². The Bertz CT molecular complexity index is 1600. The van der Waals surface area contributed by atoms with Gasteiger partial charge in [0.25, 0.3) is 17.6 Å². The van der Waals surface area contributed by atoms with Crippen molar-refractivity contribution in [3.8, 4) is 5.75 Å². The number of carbonyl (C=O) groups excluding carboxylic acids is 2. The summed E-state index contributed by atoms with van der Waals surface area (Å²) in [6.07, 6.45) is 4.08. The van der Waals surface area contributed by atoms with Crippen LogP contribution < -0.4 is 26.4 Å². The Hall–Kier alpha value is -4.68. The van der Waals surface area contributed by atoms with E-state index in [0.717, 1.165) is 29.2 Å². The number of hydrogen-bond donors (Lipinski definition) is 4. The Labute approximate surface area is 227 Å². The minimum Gasteiger partial charge on any atom is -0.482 e. The summed E-state index contributed by atoms with van der Waals surface area (Å²) in [6.45, 7) is 4.72. The van der Waals surface area contributed by atoms with Crippen LogP contribution in [0.4, 0.5) is 5.69 Å². The molecule has 0 unspecified atom stereocenters. The molecule has 2 amide bonds. The zero-order chi connectivity index (χ0) is 28.1. The first-order chi connectivity index (χ1) is 19.2. The van der Waals surface area contributed by atoms with Gasteiger partial charge in [-0.05, 0) is 72.9 Å². The molecule has 3 heterocycles. The molecule has 0 atom stereocenters. The third-order valence-corrected chi connectivity index (χ3v) is 8.53. The van der Waals surface area contributed by atoms with Crippen molar-refractivity contribution in [1.29, 1.82) is 0 Å². The lowest BCUT2D eigenvalue weighted by Gasteiger charge is -2.51. The van der Waals surface area contributed by atoms with E-state index < -0.39 is 23.0 Å². The third-order valence-electron chi connectivity index (χ3n) is 8.53. The van der Waals surface area contributed by atoms with Gasteiger partial charge in [-0.15, -0.1) is 0 Å². The fraction of sp³-hybridized carbons (Fsp3) is 0.407. The molecule has 3 aliphatic carbocycles. The molecular formula is C27H28N6O7. The van der Waals surface area contributed by atoms with Gasteiger partial charge in [0.05, 0.1) is 22.5 Å². The highest BCUT2D eigenvalue weighted by Gasteiger charge is 2.52. The van der Waals surface area contributed by atoms with E-state index in [2.05, 4.69) is 32.7 Å². The second-order valence-electron chi connectivity index (χ2n) is 10.9. The smallest absolute Gasteiger partial charge is 0.447 e. The van der Waals surface area contributed by atoms with Gasteiger partial charge in [0, 0.05) is 13.1 Å². The van der Waals surface area contributed by atoms with E-state index in [1.54, 1.807) is 12.1 Å². The lowest BCUT2D eigenvalue weighted by atomic mass is 9.53. The molecule has 4 N–H and O–H groups in total. The molecule has 7 rings (SSSR count). The molecule has 0 spiro atoms. The van der Waals surface area contributed by atoms with Gasteiger partial charge < -0.3 is 25.8 Å². The van der Waals surface area contributed by atoms with E-state index >= 15 is 0 Å². The maximum absolute atomic E-state index is 13.2. The second kappa shape index (κ2) is 9.50. The monoisotopic (exact) mass is 548 g/mol. The summed E-state index contributed by atoms with van der Waals surface area (Å²) >= 11 is 0. The van der Waals surface area contributed by atoms with Crippen molar-refractivity contribution in [2.45, 2.75) is 45.1 Å². The average molecular weight is 549 g/mol. The van der Waals surface area contributed by atoms with Crippen LogP contribution in [0.3, 0.4) is 0 Å². The molecule has 208 valence electrons. The normalized spacial score (nSPS) is 23.1. The predicted molar refractivity (Wildman–Crippen MR) is 141 cm³/mol. The molecule has 13 heteroatoms. The van der Waals surface area contributed by atoms with Gasteiger partial charge in [0.1, 0.15) is 11.4 Å². The molecule has 1 aliphatic heterocycles. The zero-order valence-electron chi connectivity index (χ0n) is 21.6. The summed E-state index contributed by atoms with van der Waals surface area (Å²) in [5.41, 5.74) is 1.26. The van der Waals surface area contributed by atoms with Crippen molar-refractivity contribution in [2.75, 3.05) is 18.5 Å². The zero-order valence-corrected chi connectivity index (χ0v) is 21.6. The van der Waals surface area contributed by atoms with Crippen molar-refractivity contribution in [2.24, 2.45) is 10.8 Å². The van der Waals surface area contributed by atoms with E-state index in [1.807, 2.05) is 6.07 Å². The number of fused-ring (bicyclic) bond motifs is 5. The Kier molecular flexibility index (Phi) is 6.08. The van der Waals surface area contributed by atoms with Crippen molar-refractivity contribution in [1.82, 2.24) is 25.2 Å². The van der Waals surface area contributed by atoms with Gasteiger partial charge >= 0.3 is 11.7 Å². The van der Waals surface area contributed by atoms with Crippen molar-refractivity contribution >= 4 is 34.9 Å². The third kappa shape index (κ3) is 4.46. The fourth-order valence-electron chi connectivity index (χ4n) is 5.94. The summed E-state index contributed by atoms with van der Waals surface area (Å²) in [5.74, 6) is -1.67. The molecule has 3 aromatic rings. The van der Waals surface area contributed by atoms with Crippen molar-refractivity contribution in [3.63, 3.8) is 0 Å². The van der Waals surface area contributed by atoms with Crippen molar-refractivity contribution in [3.05, 3.63) is 58.3 Å². The first-order valence-corrected chi connectivity index (χ1v) is 13.1. The number of aromatic nitrogens is 3. The quantitative estimate of drug-likeness (QED) is 0.325. The van der Waals surface area contributed by atoms with Crippen LogP contribution in [0.15, 0.2) is 40.2 Å². The molecule has 2 bridgehead atoms. The number of benzene rings is 1. The summed E-state index contributed by atoms with van der Waals surface area (Å²) in [6, 6.07) is 6.81. The minimum absolute atomic E-state index is 0.0325. The van der Waals surface area contributed by atoms with Crippen LogP contribution in [-0.4, -0.2) is 50.6 Å². The van der Waals surface area contributed by atoms with Crippen LogP contribution in [0.2, 0.25) is 0 Å². The Morgan fingerprint density at radius 3 is 2.58 bits per heavy atom. The molecular weight excluding hydrogens is 520 g/mol.